The number of benzene rings is 6. The zero-order valence-electron chi connectivity index (χ0n) is 31.5. The molecule has 6 rings (SSSR count). The first-order valence-corrected chi connectivity index (χ1v) is 18.4. The quantitative estimate of drug-likeness (QED) is 0.173. The van der Waals surface area contributed by atoms with Gasteiger partial charge in [0.2, 0.25) is 0 Å². The van der Waals surface area contributed by atoms with Crippen LogP contribution in [0.15, 0.2) is 97.1 Å². The summed E-state index contributed by atoms with van der Waals surface area (Å²) in [5, 5.41) is 11.4. The topological polar surface area (TPSA) is 0 Å². The number of hydrogen-bond acceptors (Lipinski definition) is 0. The van der Waals surface area contributed by atoms with Crippen LogP contribution in [0.3, 0.4) is 0 Å². The summed E-state index contributed by atoms with van der Waals surface area (Å²) in [6.45, 7) is 25.5. The smallest absolute Gasteiger partial charge is 0.0143 e. The number of aryl methyl sites for hydroxylation is 4. The van der Waals surface area contributed by atoms with Crippen molar-refractivity contribution in [3.63, 3.8) is 0 Å². The molecule has 0 saturated heterocycles. The van der Waals surface area contributed by atoms with E-state index in [4.69, 9.17) is 0 Å². The summed E-state index contributed by atoms with van der Waals surface area (Å²) in [6, 6.07) is 35.3. The minimum atomic E-state index is 1.09. The average Bonchev–Trinajstić information content (AvgIpc) is 3.12. The van der Waals surface area contributed by atoms with Crippen LogP contribution in [-0.2, 0) is 25.7 Å². The Labute approximate surface area is 283 Å². The Morgan fingerprint density at radius 1 is 0.261 bits per heavy atom. The van der Waals surface area contributed by atoms with Gasteiger partial charge in [-0.3, -0.25) is 0 Å². The molecule has 6 aromatic carbocycles. The third kappa shape index (κ3) is 9.68. The van der Waals surface area contributed by atoms with E-state index in [2.05, 4.69) is 152 Å². The predicted octanol–water partition coefficient (Wildman–Crippen LogP) is 15.1. The lowest BCUT2D eigenvalue weighted by molar-refractivity contribution is 1.09. The molecule has 0 amide bonds. The second kappa shape index (κ2) is 22.8. The van der Waals surface area contributed by atoms with Gasteiger partial charge in [0.15, 0.2) is 0 Å². The molecule has 0 bridgehead atoms. The Balaban J connectivity index is 0.000000360. The molecule has 0 heterocycles. The van der Waals surface area contributed by atoms with Crippen LogP contribution in [0.4, 0.5) is 0 Å². The van der Waals surface area contributed by atoms with Crippen molar-refractivity contribution in [3.05, 3.63) is 119 Å². The zero-order chi connectivity index (χ0) is 34.5. The zero-order valence-corrected chi connectivity index (χ0v) is 31.5. The summed E-state index contributed by atoms with van der Waals surface area (Å²) >= 11 is 0. The fourth-order valence-corrected chi connectivity index (χ4v) is 6.14. The minimum absolute atomic E-state index is 1.09. The van der Waals surface area contributed by atoms with Crippen molar-refractivity contribution in [1.29, 1.82) is 0 Å². The van der Waals surface area contributed by atoms with Gasteiger partial charge in [-0.1, -0.05) is 193 Å². The monoisotopic (exact) mass is 617 g/mol. The molecule has 248 valence electrons. The van der Waals surface area contributed by atoms with E-state index in [0.29, 0.717) is 0 Å². The predicted molar refractivity (Wildman–Crippen MR) is 215 cm³/mol. The Hall–Kier alpha value is -3.64. The molecule has 0 nitrogen and oxygen atoms in total. The summed E-state index contributed by atoms with van der Waals surface area (Å²) in [5.74, 6) is 0. The van der Waals surface area contributed by atoms with Gasteiger partial charge in [0.1, 0.15) is 0 Å². The van der Waals surface area contributed by atoms with Crippen molar-refractivity contribution in [3.8, 4) is 0 Å². The van der Waals surface area contributed by atoms with Crippen LogP contribution in [-0.4, -0.2) is 0 Å². The van der Waals surface area contributed by atoms with E-state index in [9.17, 15) is 0 Å². The standard InChI is InChI=1S/2C18H18.2C3H8.2C2H6/c2*1-3-13-15-9-5-7-11-17(15)14(4-2)18-12-8-6-10-16(13)18;2*1-3-2;2*1-2/h2*5-12H,3-4H2,1-2H3;2*3H2,1-2H3;2*1-2H3. The molecule has 0 aliphatic rings. The average molecular weight is 617 g/mol. The first-order valence-electron chi connectivity index (χ1n) is 18.4. The van der Waals surface area contributed by atoms with Gasteiger partial charge in [0, 0.05) is 0 Å². The van der Waals surface area contributed by atoms with Crippen molar-refractivity contribution < 1.29 is 0 Å². The van der Waals surface area contributed by atoms with E-state index < -0.39 is 0 Å². The molecule has 0 saturated carbocycles. The maximum Gasteiger partial charge on any atom is -0.0143 e. The van der Waals surface area contributed by atoms with Gasteiger partial charge in [-0.2, -0.15) is 0 Å². The molecule has 46 heavy (non-hydrogen) atoms. The molecule has 0 aromatic heterocycles. The second-order valence-corrected chi connectivity index (χ2v) is 10.9. The van der Waals surface area contributed by atoms with Crippen LogP contribution in [0.2, 0.25) is 0 Å². The molecule has 0 N–H and O–H groups in total. The van der Waals surface area contributed by atoms with Crippen LogP contribution in [0.5, 0.6) is 0 Å². The highest BCUT2D eigenvalue weighted by Crippen LogP contribution is 2.34. The summed E-state index contributed by atoms with van der Waals surface area (Å²) in [6.07, 6.45) is 6.85. The molecule has 0 atom stereocenters. The molecule has 0 fully saturated rings. The van der Waals surface area contributed by atoms with Crippen LogP contribution >= 0.6 is 0 Å². The lowest BCUT2D eigenvalue weighted by atomic mass is 9.90. The van der Waals surface area contributed by atoms with Crippen LogP contribution < -0.4 is 0 Å². The molecular weight excluding hydrogens is 553 g/mol. The lowest BCUT2D eigenvalue weighted by Gasteiger charge is -2.14. The van der Waals surface area contributed by atoms with Gasteiger partial charge < -0.3 is 0 Å². The van der Waals surface area contributed by atoms with Crippen LogP contribution in [0, 0.1) is 0 Å². The molecule has 0 radical (unpaired) electrons. The largest absolute Gasteiger partial charge is 0.0683 e. The second-order valence-electron chi connectivity index (χ2n) is 10.9. The Morgan fingerprint density at radius 3 is 0.457 bits per heavy atom. The van der Waals surface area contributed by atoms with E-state index in [0.717, 1.165) is 25.7 Å². The van der Waals surface area contributed by atoms with Gasteiger partial charge in [0.25, 0.3) is 0 Å². The van der Waals surface area contributed by atoms with E-state index >= 15 is 0 Å². The molecule has 6 aromatic rings. The fraction of sp³-hybridized carbons (Fsp3) is 0.391. The maximum absolute atomic E-state index is 2.26. The van der Waals surface area contributed by atoms with Gasteiger partial charge in [-0.05, 0) is 91.0 Å². The van der Waals surface area contributed by atoms with Crippen LogP contribution in [0.1, 0.15) is 118 Å². The molecule has 0 aliphatic heterocycles. The molecule has 0 spiro atoms. The van der Waals surface area contributed by atoms with E-state index in [1.54, 1.807) is 0 Å². The van der Waals surface area contributed by atoms with E-state index in [1.807, 2.05) is 27.7 Å². The summed E-state index contributed by atoms with van der Waals surface area (Å²) in [4.78, 5) is 0. The van der Waals surface area contributed by atoms with Gasteiger partial charge in [-0.15, -0.1) is 0 Å². The maximum atomic E-state index is 2.26. The van der Waals surface area contributed by atoms with E-state index in [-0.39, 0.29) is 0 Å². The van der Waals surface area contributed by atoms with Gasteiger partial charge in [0.05, 0.1) is 0 Å². The summed E-state index contributed by atoms with van der Waals surface area (Å²) in [5.41, 5.74) is 5.94. The third-order valence-corrected chi connectivity index (χ3v) is 7.72. The van der Waals surface area contributed by atoms with Crippen molar-refractivity contribution in [2.24, 2.45) is 0 Å². The van der Waals surface area contributed by atoms with Crippen molar-refractivity contribution in [2.45, 2.75) is 122 Å². The first-order chi connectivity index (χ1) is 22.6. The van der Waals surface area contributed by atoms with E-state index in [1.165, 1.54) is 78.2 Å². The lowest BCUT2D eigenvalue weighted by Crippen LogP contribution is -1.93. The highest BCUT2D eigenvalue weighted by atomic mass is 14.2. The SMILES string of the molecule is CC.CC.CCC.CCC.CCc1c2ccccc2c(CC)c2ccccc12.CCc1c2ccccc2c(CC)c2ccccc12. The number of rotatable bonds is 4. The number of hydrogen-bond donors (Lipinski definition) is 0. The Morgan fingerprint density at radius 2 is 0.370 bits per heavy atom. The van der Waals surface area contributed by atoms with Crippen molar-refractivity contribution in [1.82, 2.24) is 0 Å². The fourth-order valence-electron chi connectivity index (χ4n) is 6.14. The van der Waals surface area contributed by atoms with Gasteiger partial charge in [-0.25, -0.2) is 0 Å². The Bertz CT molecular complexity index is 1340. The summed E-state index contributed by atoms with van der Waals surface area (Å²) < 4.78 is 0. The van der Waals surface area contributed by atoms with Crippen LogP contribution in [0.25, 0.3) is 43.1 Å². The molecule has 0 heteroatoms. The highest BCUT2D eigenvalue weighted by Gasteiger charge is 2.11. The highest BCUT2D eigenvalue weighted by molar-refractivity contribution is 6.06. The molecule has 0 aliphatic carbocycles. The normalized spacial score (nSPS) is 9.83. The third-order valence-electron chi connectivity index (χ3n) is 7.72. The molecular formula is C46H64. The minimum Gasteiger partial charge on any atom is -0.0683 e. The summed E-state index contributed by atoms with van der Waals surface area (Å²) in [7, 11) is 0. The first kappa shape index (κ1) is 40.4. The van der Waals surface area contributed by atoms with Crippen molar-refractivity contribution in [2.75, 3.05) is 0 Å². The van der Waals surface area contributed by atoms with Gasteiger partial charge >= 0.3 is 0 Å². The molecule has 0 unspecified atom stereocenters. The van der Waals surface area contributed by atoms with Crippen molar-refractivity contribution >= 4 is 43.1 Å². The Kier molecular flexibility index (Phi) is 20.0. The number of fused-ring (bicyclic) bond motifs is 4.